The zero-order valence-corrected chi connectivity index (χ0v) is 13.0. The molecule has 2 heterocycles. The van der Waals surface area contributed by atoms with Crippen molar-refractivity contribution >= 4 is 50.7 Å². The number of rotatable bonds is 4. The number of amides is 1. The van der Waals surface area contributed by atoms with Gasteiger partial charge in [0.05, 0.1) is 15.9 Å². The number of carbonyl (C=O) groups excluding carboxylic acids is 1. The Bertz CT molecular complexity index is 804. The van der Waals surface area contributed by atoms with Gasteiger partial charge in [-0.3, -0.25) is 9.48 Å². The molecular formula is C14H15N3OS2. The van der Waals surface area contributed by atoms with Crippen molar-refractivity contribution in [3.8, 4) is 0 Å². The first-order chi connectivity index (χ1) is 9.63. The highest BCUT2D eigenvalue weighted by molar-refractivity contribution is 8.01. The number of benzene rings is 1. The lowest BCUT2D eigenvalue weighted by molar-refractivity contribution is 0.101. The Morgan fingerprint density at radius 1 is 1.50 bits per heavy atom. The SMILES string of the molecule is CCCSc1sc(C(N)=O)c2ccc3cnn(C)c3c12. The van der Waals surface area contributed by atoms with Gasteiger partial charge in [0.1, 0.15) is 4.88 Å². The summed E-state index contributed by atoms with van der Waals surface area (Å²) in [5, 5.41) is 7.46. The number of aromatic nitrogens is 2. The van der Waals surface area contributed by atoms with E-state index >= 15 is 0 Å². The smallest absolute Gasteiger partial charge is 0.259 e. The Balaban J connectivity index is 2.38. The second-order valence-electron chi connectivity index (χ2n) is 4.63. The Hall–Kier alpha value is -1.53. The number of nitrogens with zero attached hydrogens (tertiary/aromatic N) is 2. The lowest BCUT2D eigenvalue weighted by atomic mass is 10.1. The molecule has 0 atom stereocenters. The molecular weight excluding hydrogens is 290 g/mol. The van der Waals surface area contributed by atoms with Crippen molar-refractivity contribution in [1.82, 2.24) is 9.78 Å². The topological polar surface area (TPSA) is 60.9 Å². The number of primary amides is 1. The van der Waals surface area contributed by atoms with Gasteiger partial charge in [-0.05, 0) is 12.2 Å². The fraction of sp³-hybridized carbons (Fsp3) is 0.286. The van der Waals surface area contributed by atoms with Crippen LogP contribution in [0.1, 0.15) is 23.0 Å². The maximum Gasteiger partial charge on any atom is 0.259 e. The van der Waals surface area contributed by atoms with E-state index in [1.54, 1.807) is 11.8 Å². The Labute approximate surface area is 124 Å². The highest BCUT2D eigenvalue weighted by Crippen LogP contribution is 2.41. The summed E-state index contributed by atoms with van der Waals surface area (Å²) in [4.78, 5) is 12.3. The van der Waals surface area contributed by atoms with Gasteiger partial charge in [-0.2, -0.15) is 5.10 Å². The predicted molar refractivity (Wildman–Crippen MR) is 85.6 cm³/mol. The third-order valence-corrected chi connectivity index (χ3v) is 5.90. The van der Waals surface area contributed by atoms with Gasteiger partial charge in [0, 0.05) is 23.2 Å². The number of carbonyl (C=O) groups is 1. The molecule has 1 aromatic carbocycles. The molecule has 3 rings (SSSR count). The van der Waals surface area contributed by atoms with Crippen molar-refractivity contribution in [1.29, 1.82) is 0 Å². The van der Waals surface area contributed by atoms with Crippen LogP contribution in [0.15, 0.2) is 22.5 Å². The van der Waals surface area contributed by atoms with Gasteiger partial charge < -0.3 is 5.73 Å². The molecule has 2 N–H and O–H groups in total. The van der Waals surface area contributed by atoms with Crippen molar-refractivity contribution in [2.45, 2.75) is 17.6 Å². The van der Waals surface area contributed by atoms with Gasteiger partial charge in [0.15, 0.2) is 0 Å². The third-order valence-electron chi connectivity index (χ3n) is 3.21. The van der Waals surface area contributed by atoms with Gasteiger partial charge in [-0.25, -0.2) is 0 Å². The highest BCUT2D eigenvalue weighted by Gasteiger charge is 2.19. The maximum atomic E-state index is 11.7. The van der Waals surface area contributed by atoms with E-state index in [9.17, 15) is 4.79 Å². The minimum atomic E-state index is -0.357. The Morgan fingerprint density at radius 2 is 2.30 bits per heavy atom. The molecule has 0 aliphatic carbocycles. The van der Waals surface area contributed by atoms with Crippen LogP contribution in [0.3, 0.4) is 0 Å². The summed E-state index contributed by atoms with van der Waals surface area (Å²) in [6.07, 6.45) is 2.95. The summed E-state index contributed by atoms with van der Waals surface area (Å²) in [6, 6.07) is 3.98. The van der Waals surface area contributed by atoms with Gasteiger partial charge in [0.25, 0.3) is 5.91 Å². The second-order valence-corrected chi connectivity index (χ2v) is 7.01. The summed E-state index contributed by atoms with van der Waals surface area (Å²) in [5.74, 6) is 0.673. The van der Waals surface area contributed by atoms with E-state index in [2.05, 4.69) is 12.0 Å². The average molecular weight is 305 g/mol. The molecule has 2 aromatic heterocycles. The Kier molecular flexibility index (Phi) is 3.43. The molecule has 0 unspecified atom stereocenters. The quantitative estimate of drug-likeness (QED) is 0.752. The fourth-order valence-electron chi connectivity index (χ4n) is 2.34. The molecule has 0 saturated heterocycles. The highest BCUT2D eigenvalue weighted by atomic mass is 32.2. The monoisotopic (exact) mass is 305 g/mol. The van der Waals surface area contributed by atoms with Crippen molar-refractivity contribution in [2.75, 3.05) is 5.75 Å². The number of nitrogens with two attached hydrogens (primary N) is 1. The molecule has 0 aliphatic rings. The van der Waals surface area contributed by atoms with Gasteiger partial charge in [-0.1, -0.05) is 19.1 Å². The second kappa shape index (κ2) is 5.10. The normalized spacial score (nSPS) is 11.5. The van der Waals surface area contributed by atoms with Gasteiger partial charge in [0.2, 0.25) is 0 Å². The Morgan fingerprint density at radius 3 is 3.00 bits per heavy atom. The lowest BCUT2D eigenvalue weighted by Gasteiger charge is -2.01. The molecule has 0 spiro atoms. The minimum Gasteiger partial charge on any atom is -0.365 e. The van der Waals surface area contributed by atoms with Crippen LogP contribution in [-0.4, -0.2) is 21.4 Å². The van der Waals surface area contributed by atoms with Crippen molar-refractivity contribution < 1.29 is 4.79 Å². The van der Waals surface area contributed by atoms with Crippen molar-refractivity contribution in [3.63, 3.8) is 0 Å². The molecule has 0 bridgehead atoms. The van der Waals surface area contributed by atoms with Crippen LogP contribution >= 0.6 is 23.1 Å². The van der Waals surface area contributed by atoms with Crippen LogP contribution < -0.4 is 5.73 Å². The molecule has 3 aromatic rings. The molecule has 6 heteroatoms. The summed E-state index contributed by atoms with van der Waals surface area (Å²) >= 11 is 3.28. The number of hydrogen-bond donors (Lipinski definition) is 1. The summed E-state index contributed by atoms with van der Waals surface area (Å²) in [5.41, 5.74) is 6.59. The lowest BCUT2D eigenvalue weighted by Crippen LogP contribution is -2.08. The summed E-state index contributed by atoms with van der Waals surface area (Å²) < 4.78 is 3.02. The van der Waals surface area contributed by atoms with Crippen LogP contribution in [-0.2, 0) is 7.05 Å². The van der Waals surface area contributed by atoms with Gasteiger partial charge in [-0.15, -0.1) is 23.1 Å². The summed E-state index contributed by atoms with van der Waals surface area (Å²) in [6.45, 7) is 2.15. The minimum absolute atomic E-state index is 0.357. The van der Waals surface area contributed by atoms with E-state index in [1.165, 1.54) is 11.3 Å². The first-order valence-electron chi connectivity index (χ1n) is 6.43. The molecule has 20 heavy (non-hydrogen) atoms. The van der Waals surface area contributed by atoms with Crippen LogP contribution in [0.2, 0.25) is 0 Å². The van der Waals surface area contributed by atoms with E-state index < -0.39 is 0 Å². The zero-order valence-electron chi connectivity index (χ0n) is 11.3. The van der Waals surface area contributed by atoms with Crippen molar-refractivity contribution in [3.05, 3.63) is 23.2 Å². The first kappa shape index (κ1) is 13.5. The fourth-order valence-corrected chi connectivity index (χ4v) is 4.69. The van der Waals surface area contributed by atoms with Crippen LogP contribution in [0.4, 0.5) is 0 Å². The standard InChI is InChI=1S/C14H15N3OS2/c1-3-6-19-14-10-9(12(20-14)13(15)18)5-4-8-7-16-17(2)11(8)10/h4-5,7H,3,6H2,1-2H3,(H2,15,18). The molecule has 104 valence electrons. The van der Waals surface area contributed by atoms with Crippen LogP contribution in [0, 0.1) is 0 Å². The number of fused-ring (bicyclic) bond motifs is 3. The largest absolute Gasteiger partial charge is 0.365 e. The predicted octanol–water partition coefficient (Wildman–Crippen LogP) is 3.39. The number of thioether (sulfide) groups is 1. The molecule has 0 fully saturated rings. The first-order valence-corrected chi connectivity index (χ1v) is 8.23. The van der Waals surface area contributed by atoms with Gasteiger partial charge >= 0.3 is 0 Å². The van der Waals surface area contributed by atoms with Crippen LogP contribution in [0.5, 0.6) is 0 Å². The van der Waals surface area contributed by atoms with E-state index in [4.69, 9.17) is 5.73 Å². The number of hydrogen-bond acceptors (Lipinski definition) is 4. The summed E-state index contributed by atoms with van der Waals surface area (Å²) in [7, 11) is 1.93. The van der Waals surface area contributed by atoms with Crippen molar-refractivity contribution in [2.24, 2.45) is 12.8 Å². The maximum absolute atomic E-state index is 11.7. The van der Waals surface area contributed by atoms with Crippen LogP contribution in [0.25, 0.3) is 21.7 Å². The zero-order chi connectivity index (χ0) is 14.3. The third kappa shape index (κ3) is 1.99. The number of thiophene rings is 1. The number of aryl methyl sites for hydroxylation is 1. The average Bonchev–Trinajstić information content (AvgIpc) is 2.97. The molecule has 0 radical (unpaired) electrons. The van der Waals surface area contributed by atoms with E-state index in [1.807, 2.05) is 30.1 Å². The molecule has 0 aliphatic heterocycles. The van der Waals surface area contributed by atoms with E-state index in [-0.39, 0.29) is 5.91 Å². The molecule has 4 nitrogen and oxygen atoms in total. The molecule has 0 saturated carbocycles. The van der Waals surface area contributed by atoms with E-state index in [0.29, 0.717) is 4.88 Å². The van der Waals surface area contributed by atoms with E-state index in [0.717, 1.165) is 38.1 Å². The molecule has 1 amide bonds.